The quantitative estimate of drug-likeness (QED) is 0.665. The maximum Gasteiger partial charge on any atom is 0.0648 e. The van der Waals surface area contributed by atoms with Crippen LogP contribution in [-0.4, -0.2) is 9.78 Å². The minimum atomic E-state index is 1.17. The zero-order valence-electron chi connectivity index (χ0n) is 7.98. The molecule has 0 aliphatic heterocycles. The van der Waals surface area contributed by atoms with E-state index < -0.39 is 0 Å². The third kappa shape index (κ3) is 1.07. The Bertz CT molecular complexity index is 443. The van der Waals surface area contributed by atoms with Crippen molar-refractivity contribution in [3.63, 3.8) is 0 Å². The lowest BCUT2D eigenvalue weighted by Gasteiger charge is -2.04. The van der Waals surface area contributed by atoms with Crippen LogP contribution in [0.4, 0.5) is 0 Å². The van der Waals surface area contributed by atoms with Crippen LogP contribution in [-0.2, 0) is 12.8 Å². The first kappa shape index (κ1) is 7.80. The maximum atomic E-state index is 4.42. The monoisotopic (exact) mass is 184 g/mol. The van der Waals surface area contributed by atoms with E-state index in [0.29, 0.717) is 0 Å². The lowest BCUT2D eigenvalue weighted by atomic mass is 10.3. The van der Waals surface area contributed by atoms with E-state index in [0.717, 1.165) is 0 Å². The van der Waals surface area contributed by atoms with Gasteiger partial charge in [-0.1, -0.05) is 18.2 Å². The van der Waals surface area contributed by atoms with E-state index in [-0.39, 0.29) is 0 Å². The fourth-order valence-electron chi connectivity index (χ4n) is 2.12. The van der Waals surface area contributed by atoms with Gasteiger partial charge < -0.3 is 0 Å². The van der Waals surface area contributed by atoms with E-state index in [1.165, 1.54) is 36.2 Å². The molecule has 0 saturated heterocycles. The van der Waals surface area contributed by atoms with Crippen molar-refractivity contribution in [2.75, 3.05) is 0 Å². The standard InChI is InChI=1S/C12H12N2/c1-2-6-11(7-3-1)14-12-8-4-5-10(12)9-13-14/h1-3,6-7,9H,4-5,8H2. The average Bonchev–Trinajstić information content (AvgIpc) is 2.79. The van der Waals surface area contributed by atoms with Gasteiger partial charge in [-0.05, 0) is 37.0 Å². The largest absolute Gasteiger partial charge is 0.238 e. The predicted octanol–water partition coefficient (Wildman–Crippen LogP) is 2.36. The van der Waals surface area contributed by atoms with Crippen LogP contribution in [0.1, 0.15) is 17.7 Å². The highest BCUT2D eigenvalue weighted by Gasteiger charge is 2.16. The topological polar surface area (TPSA) is 17.8 Å². The lowest BCUT2D eigenvalue weighted by molar-refractivity contribution is 0.784. The first-order valence-corrected chi connectivity index (χ1v) is 5.06. The van der Waals surface area contributed by atoms with Crippen molar-refractivity contribution in [3.05, 3.63) is 47.8 Å². The number of rotatable bonds is 1. The van der Waals surface area contributed by atoms with Gasteiger partial charge in [-0.2, -0.15) is 5.10 Å². The molecule has 0 fully saturated rings. The highest BCUT2D eigenvalue weighted by Crippen LogP contribution is 2.23. The zero-order chi connectivity index (χ0) is 9.38. The summed E-state index contributed by atoms with van der Waals surface area (Å²) in [5, 5.41) is 4.42. The predicted molar refractivity (Wildman–Crippen MR) is 55.6 cm³/mol. The molecule has 1 aromatic heterocycles. The molecule has 2 nitrogen and oxygen atoms in total. The molecule has 2 heteroatoms. The first-order valence-electron chi connectivity index (χ1n) is 5.06. The Morgan fingerprint density at radius 2 is 1.93 bits per heavy atom. The molecule has 2 aromatic rings. The van der Waals surface area contributed by atoms with E-state index >= 15 is 0 Å². The molecule has 0 radical (unpaired) electrons. The smallest absolute Gasteiger partial charge is 0.0648 e. The summed E-state index contributed by atoms with van der Waals surface area (Å²) < 4.78 is 2.07. The van der Waals surface area contributed by atoms with Crippen molar-refractivity contribution < 1.29 is 0 Å². The second-order valence-electron chi connectivity index (χ2n) is 3.72. The summed E-state index contributed by atoms with van der Waals surface area (Å²) in [5.74, 6) is 0. The average molecular weight is 184 g/mol. The highest BCUT2D eigenvalue weighted by atomic mass is 15.3. The number of aryl methyl sites for hydroxylation is 1. The Morgan fingerprint density at radius 3 is 2.79 bits per heavy atom. The van der Waals surface area contributed by atoms with Gasteiger partial charge in [0.25, 0.3) is 0 Å². The van der Waals surface area contributed by atoms with Gasteiger partial charge in [-0.25, -0.2) is 4.68 Å². The molecule has 1 heterocycles. The summed E-state index contributed by atoms with van der Waals surface area (Å²) >= 11 is 0. The van der Waals surface area contributed by atoms with Crippen molar-refractivity contribution in [2.24, 2.45) is 0 Å². The molecule has 0 amide bonds. The minimum Gasteiger partial charge on any atom is -0.238 e. The fourth-order valence-corrected chi connectivity index (χ4v) is 2.12. The highest BCUT2D eigenvalue weighted by molar-refractivity contribution is 5.36. The molecule has 3 rings (SSSR count). The SMILES string of the molecule is c1ccc(-n2ncc3c2CCC3)cc1. The van der Waals surface area contributed by atoms with Gasteiger partial charge in [0.05, 0.1) is 11.9 Å². The molecule has 1 aliphatic rings. The van der Waals surface area contributed by atoms with Gasteiger partial charge in [-0.3, -0.25) is 0 Å². The molecule has 1 aromatic carbocycles. The Balaban J connectivity index is 2.13. The third-order valence-electron chi connectivity index (χ3n) is 2.82. The van der Waals surface area contributed by atoms with Crippen LogP contribution in [0, 0.1) is 0 Å². The molecular formula is C12H12N2. The lowest BCUT2D eigenvalue weighted by Crippen LogP contribution is -2.00. The Kier molecular flexibility index (Phi) is 1.66. The molecule has 70 valence electrons. The van der Waals surface area contributed by atoms with Crippen LogP contribution in [0.3, 0.4) is 0 Å². The van der Waals surface area contributed by atoms with E-state index in [9.17, 15) is 0 Å². The Labute approximate surface area is 83.2 Å². The summed E-state index contributed by atoms with van der Waals surface area (Å²) in [7, 11) is 0. The maximum absolute atomic E-state index is 4.42. The summed E-state index contributed by atoms with van der Waals surface area (Å²) in [6.45, 7) is 0. The molecule has 0 N–H and O–H groups in total. The normalized spacial score (nSPS) is 14.3. The second-order valence-corrected chi connectivity index (χ2v) is 3.72. The molecule has 0 bridgehead atoms. The van der Waals surface area contributed by atoms with Gasteiger partial charge in [0.15, 0.2) is 0 Å². The van der Waals surface area contributed by atoms with Crippen molar-refractivity contribution in [1.82, 2.24) is 9.78 Å². The van der Waals surface area contributed by atoms with Crippen molar-refractivity contribution in [3.8, 4) is 5.69 Å². The first-order chi connectivity index (χ1) is 6.95. The van der Waals surface area contributed by atoms with Crippen LogP contribution >= 0.6 is 0 Å². The van der Waals surface area contributed by atoms with Gasteiger partial charge in [-0.15, -0.1) is 0 Å². The Hall–Kier alpha value is -1.57. The number of benzene rings is 1. The van der Waals surface area contributed by atoms with E-state index in [1.54, 1.807) is 0 Å². The van der Waals surface area contributed by atoms with Crippen LogP contribution in [0.15, 0.2) is 36.5 Å². The number of fused-ring (bicyclic) bond motifs is 1. The molecule has 0 unspecified atom stereocenters. The molecular weight excluding hydrogens is 172 g/mol. The van der Waals surface area contributed by atoms with Crippen molar-refractivity contribution in [2.45, 2.75) is 19.3 Å². The number of hydrogen-bond acceptors (Lipinski definition) is 1. The van der Waals surface area contributed by atoms with E-state index in [2.05, 4.69) is 34.0 Å². The van der Waals surface area contributed by atoms with Crippen LogP contribution in [0.5, 0.6) is 0 Å². The number of para-hydroxylation sites is 1. The van der Waals surface area contributed by atoms with Gasteiger partial charge in [0.2, 0.25) is 0 Å². The number of aromatic nitrogens is 2. The van der Waals surface area contributed by atoms with Crippen LogP contribution in [0.2, 0.25) is 0 Å². The molecule has 0 atom stereocenters. The van der Waals surface area contributed by atoms with Gasteiger partial charge >= 0.3 is 0 Å². The van der Waals surface area contributed by atoms with Crippen molar-refractivity contribution in [1.29, 1.82) is 0 Å². The van der Waals surface area contributed by atoms with Crippen LogP contribution < -0.4 is 0 Å². The summed E-state index contributed by atoms with van der Waals surface area (Å²) in [6, 6.07) is 10.3. The number of hydrogen-bond donors (Lipinski definition) is 0. The summed E-state index contributed by atoms with van der Waals surface area (Å²) in [4.78, 5) is 0. The van der Waals surface area contributed by atoms with E-state index in [4.69, 9.17) is 0 Å². The summed E-state index contributed by atoms with van der Waals surface area (Å²) in [5.41, 5.74) is 4.00. The van der Waals surface area contributed by atoms with Crippen molar-refractivity contribution >= 4 is 0 Å². The van der Waals surface area contributed by atoms with Gasteiger partial charge in [0, 0.05) is 5.69 Å². The second kappa shape index (κ2) is 2.98. The molecule has 0 spiro atoms. The van der Waals surface area contributed by atoms with E-state index in [1.807, 2.05) is 12.3 Å². The third-order valence-corrected chi connectivity index (χ3v) is 2.82. The molecule has 0 saturated carbocycles. The molecule has 14 heavy (non-hydrogen) atoms. The van der Waals surface area contributed by atoms with Crippen LogP contribution in [0.25, 0.3) is 5.69 Å². The summed E-state index contributed by atoms with van der Waals surface area (Å²) in [6.07, 6.45) is 5.65. The number of nitrogens with zero attached hydrogens (tertiary/aromatic N) is 2. The molecule has 1 aliphatic carbocycles. The zero-order valence-corrected chi connectivity index (χ0v) is 7.98. The fraction of sp³-hybridized carbons (Fsp3) is 0.250. The Morgan fingerprint density at radius 1 is 1.07 bits per heavy atom. The van der Waals surface area contributed by atoms with Gasteiger partial charge in [0.1, 0.15) is 0 Å². The minimum absolute atomic E-state index is 1.17.